The highest BCUT2D eigenvalue weighted by molar-refractivity contribution is 6.11. The van der Waals surface area contributed by atoms with Crippen LogP contribution < -0.4 is 10.3 Å². The Morgan fingerprint density at radius 1 is 0.971 bits per heavy atom. The van der Waals surface area contributed by atoms with Gasteiger partial charge in [-0.05, 0) is 86.3 Å². The van der Waals surface area contributed by atoms with E-state index in [0.717, 1.165) is 59.9 Å². The summed E-state index contributed by atoms with van der Waals surface area (Å²) in [5.74, 6) is 1.07. The molecule has 1 aliphatic heterocycles. The molecule has 1 atom stereocenters. The van der Waals surface area contributed by atoms with Gasteiger partial charge in [-0.2, -0.15) is 0 Å². The molecule has 5 heteroatoms. The molecule has 0 radical (unpaired) electrons. The van der Waals surface area contributed by atoms with Crippen molar-refractivity contribution in [1.82, 2.24) is 4.57 Å². The van der Waals surface area contributed by atoms with Crippen LogP contribution in [0.25, 0.3) is 21.8 Å². The molecular weight excluding hydrogens is 436 g/mol. The number of nitrogens with zero attached hydrogens (tertiary/aromatic N) is 2. The Hall–Kier alpha value is -3.18. The lowest BCUT2D eigenvalue weighted by Crippen LogP contribution is -2.35. The van der Waals surface area contributed by atoms with Crippen molar-refractivity contribution >= 4 is 33.3 Å². The molecule has 0 amide bonds. The van der Waals surface area contributed by atoms with Crippen molar-refractivity contribution in [1.29, 1.82) is 0 Å². The van der Waals surface area contributed by atoms with Crippen LogP contribution in [-0.2, 0) is 7.05 Å². The molecule has 2 heterocycles. The number of allylic oxidation sites excluding steroid dienone is 4. The Kier molecular flexibility index (Phi) is 5.41. The molecule has 0 bridgehead atoms. The molecule has 2 aliphatic carbocycles. The second-order valence-corrected chi connectivity index (χ2v) is 10.5. The van der Waals surface area contributed by atoms with E-state index in [0.29, 0.717) is 29.2 Å². The van der Waals surface area contributed by atoms with Crippen LogP contribution >= 0.6 is 0 Å². The summed E-state index contributed by atoms with van der Waals surface area (Å²) < 4.78 is 2.06. The quantitative estimate of drug-likeness (QED) is 0.520. The highest BCUT2D eigenvalue weighted by Crippen LogP contribution is 2.41. The van der Waals surface area contributed by atoms with Crippen LogP contribution in [0.5, 0.6) is 0 Å². The number of carbonyl (C=O) groups excluding carboxylic acids is 1. The van der Waals surface area contributed by atoms with E-state index in [9.17, 15) is 14.7 Å². The van der Waals surface area contributed by atoms with Gasteiger partial charge in [0.15, 0.2) is 11.2 Å². The minimum Gasteiger partial charge on any atom is -0.396 e. The average molecular weight is 469 g/mol. The van der Waals surface area contributed by atoms with Gasteiger partial charge in [0.25, 0.3) is 0 Å². The van der Waals surface area contributed by atoms with Gasteiger partial charge < -0.3 is 14.6 Å². The lowest BCUT2D eigenvalue weighted by Gasteiger charge is -2.36. The van der Waals surface area contributed by atoms with Crippen molar-refractivity contribution in [3.63, 3.8) is 0 Å². The van der Waals surface area contributed by atoms with Crippen LogP contribution in [0.3, 0.4) is 0 Å². The third kappa shape index (κ3) is 3.48. The summed E-state index contributed by atoms with van der Waals surface area (Å²) in [4.78, 5) is 29.3. The molecule has 180 valence electrons. The van der Waals surface area contributed by atoms with Crippen molar-refractivity contribution in [2.24, 2.45) is 18.9 Å². The number of Topliss-reactive ketones (excluding diaryl/α,β-unsaturated/α-hetero) is 1. The summed E-state index contributed by atoms with van der Waals surface area (Å²) >= 11 is 0. The van der Waals surface area contributed by atoms with Crippen LogP contribution in [0.15, 0.2) is 59.1 Å². The lowest BCUT2D eigenvalue weighted by molar-refractivity contribution is 0.0934. The molecule has 3 aliphatic rings. The Morgan fingerprint density at radius 2 is 1.74 bits per heavy atom. The Morgan fingerprint density at radius 3 is 2.51 bits per heavy atom. The molecule has 0 spiro atoms. The Bertz CT molecular complexity index is 1470. The second kappa shape index (κ2) is 8.49. The van der Waals surface area contributed by atoms with Gasteiger partial charge in [-0.3, -0.25) is 9.59 Å². The molecule has 5 nitrogen and oxygen atoms in total. The number of rotatable bonds is 3. The summed E-state index contributed by atoms with van der Waals surface area (Å²) in [6.45, 7) is 0.271. The minimum absolute atomic E-state index is 0.0345. The third-order valence-electron chi connectivity index (χ3n) is 8.66. The molecule has 1 aromatic heterocycles. The topological polar surface area (TPSA) is 62.5 Å². The molecule has 2 aromatic carbocycles. The van der Waals surface area contributed by atoms with Crippen molar-refractivity contribution in [2.45, 2.75) is 44.4 Å². The van der Waals surface area contributed by atoms with E-state index in [2.05, 4.69) is 27.7 Å². The first-order chi connectivity index (χ1) is 17.0. The predicted octanol–water partition coefficient (Wildman–Crippen LogP) is 5.44. The van der Waals surface area contributed by atoms with Crippen LogP contribution in [-0.4, -0.2) is 29.1 Å². The maximum absolute atomic E-state index is 13.8. The Labute approximate surface area is 205 Å². The fourth-order valence-electron chi connectivity index (χ4n) is 6.57. The van der Waals surface area contributed by atoms with E-state index in [1.165, 1.54) is 5.56 Å². The summed E-state index contributed by atoms with van der Waals surface area (Å²) in [6, 6.07) is 10.2. The van der Waals surface area contributed by atoms with Crippen molar-refractivity contribution in [3.8, 4) is 0 Å². The number of aromatic nitrogens is 1. The Balaban J connectivity index is 1.47. The van der Waals surface area contributed by atoms with Crippen molar-refractivity contribution in [2.75, 3.05) is 18.6 Å². The maximum atomic E-state index is 13.8. The van der Waals surface area contributed by atoms with E-state index >= 15 is 0 Å². The zero-order chi connectivity index (χ0) is 24.3. The first-order valence-corrected chi connectivity index (χ1v) is 12.8. The van der Waals surface area contributed by atoms with Gasteiger partial charge in [0.1, 0.15) is 0 Å². The molecule has 0 saturated heterocycles. The van der Waals surface area contributed by atoms with E-state index in [-0.39, 0.29) is 23.7 Å². The van der Waals surface area contributed by atoms with Gasteiger partial charge in [-0.15, -0.1) is 0 Å². The number of anilines is 1. The zero-order valence-corrected chi connectivity index (χ0v) is 20.5. The largest absolute Gasteiger partial charge is 0.396 e. The number of benzene rings is 2. The fraction of sp³-hybridized carbons (Fsp3) is 0.400. The highest BCUT2D eigenvalue weighted by atomic mass is 16.3. The molecule has 1 unspecified atom stereocenters. The zero-order valence-electron chi connectivity index (χ0n) is 20.5. The number of ketones is 1. The van der Waals surface area contributed by atoms with Gasteiger partial charge in [0, 0.05) is 42.7 Å². The number of fused-ring (bicyclic) bond motifs is 4. The van der Waals surface area contributed by atoms with Gasteiger partial charge in [-0.1, -0.05) is 18.2 Å². The lowest BCUT2D eigenvalue weighted by atomic mass is 9.77. The monoisotopic (exact) mass is 468 g/mol. The standard InChI is InChI=1S/C30H32N2O3/c1-31-25-6-4-3-5-21(25)29(34)23-16-28-24(17-27(23)31)30(35)22-15-20(11-12-26(22)32(28)2)19-9-7-18(8-10-19)13-14-33/h3-4,6,11-12,15-19,21,33H,5,7-10,13-14H2,1-2H3. The minimum atomic E-state index is -0.150. The summed E-state index contributed by atoms with van der Waals surface area (Å²) in [7, 11) is 3.98. The third-order valence-corrected chi connectivity index (χ3v) is 8.66. The number of pyridine rings is 1. The molecule has 1 fully saturated rings. The molecule has 3 aromatic rings. The molecule has 35 heavy (non-hydrogen) atoms. The van der Waals surface area contributed by atoms with Crippen molar-refractivity contribution in [3.05, 3.63) is 75.6 Å². The van der Waals surface area contributed by atoms with Crippen LogP contribution in [0.2, 0.25) is 0 Å². The van der Waals surface area contributed by atoms with E-state index in [1.54, 1.807) is 0 Å². The van der Waals surface area contributed by atoms with Crippen LogP contribution in [0.1, 0.15) is 60.4 Å². The number of aryl methyl sites for hydroxylation is 1. The van der Waals surface area contributed by atoms with Gasteiger partial charge in [-0.25, -0.2) is 0 Å². The molecule has 1 N–H and O–H groups in total. The van der Waals surface area contributed by atoms with Gasteiger partial charge >= 0.3 is 0 Å². The first-order valence-electron chi connectivity index (χ1n) is 12.8. The molecule has 6 rings (SSSR count). The highest BCUT2D eigenvalue weighted by Gasteiger charge is 2.35. The normalized spacial score (nSPS) is 24.0. The number of hydrogen-bond donors (Lipinski definition) is 1. The van der Waals surface area contributed by atoms with Crippen LogP contribution in [0, 0.1) is 11.8 Å². The SMILES string of the molecule is CN1C2=CC=CCC2C(=O)c2cc3c(cc21)c(=O)c1cc(C2CCC(CCO)CC2)ccc1n3C. The van der Waals surface area contributed by atoms with Crippen molar-refractivity contribution < 1.29 is 9.90 Å². The smallest absolute Gasteiger partial charge is 0.197 e. The van der Waals surface area contributed by atoms with E-state index in [1.807, 2.05) is 44.5 Å². The molecule has 1 saturated carbocycles. The number of hydrogen-bond acceptors (Lipinski definition) is 4. The fourth-order valence-corrected chi connectivity index (χ4v) is 6.57. The number of carbonyl (C=O) groups is 1. The number of aliphatic hydroxyl groups is 1. The first kappa shape index (κ1) is 22.3. The van der Waals surface area contributed by atoms with Gasteiger partial charge in [0.05, 0.1) is 22.6 Å². The summed E-state index contributed by atoms with van der Waals surface area (Å²) in [6.07, 6.45) is 12.2. The average Bonchev–Trinajstić information content (AvgIpc) is 2.90. The maximum Gasteiger partial charge on any atom is 0.197 e. The summed E-state index contributed by atoms with van der Waals surface area (Å²) in [5, 5.41) is 10.7. The number of aliphatic hydroxyl groups excluding tert-OH is 1. The van der Waals surface area contributed by atoms with E-state index in [4.69, 9.17) is 0 Å². The predicted molar refractivity (Wildman–Crippen MR) is 141 cm³/mol. The second-order valence-electron chi connectivity index (χ2n) is 10.5. The van der Waals surface area contributed by atoms with Crippen LogP contribution in [0.4, 0.5) is 5.69 Å². The van der Waals surface area contributed by atoms with Gasteiger partial charge in [0.2, 0.25) is 0 Å². The molecular formula is C30H32N2O3. The summed E-state index contributed by atoms with van der Waals surface area (Å²) in [5.41, 5.74) is 5.49. The van der Waals surface area contributed by atoms with E-state index < -0.39 is 0 Å².